The van der Waals surface area contributed by atoms with Crippen LogP contribution in [0.5, 0.6) is 0 Å². The van der Waals surface area contributed by atoms with Crippen molar-refractivity contribution in [3.8, 4) is 0 Å². The van der Waals surface area contributed by atoms with Gasteiger partial charge in [-0.3, -0.25) is 4.90 Å². The predicted octanol–water partition coefficient (Wildman–Crippen LogP) is 2.79. The highest BCUT2D eigenvalue weighted by atomic mass is 16.5. The average molecular weight is 233 g/mol. The largest absolute Gasteiger partial charge is 0.383 e. The third kappa shape index (κ3) is 7.20. The molecular formula is C13H31NO2. The van der Waals surface area contributed by atoms with Gasteiger partial charge < -0.3 is 9.47 Å². The van der Waals surface area contributed by atoms with Crippen LogP contribution in [0.4, 0.5) is 0 Å². The lowest BCUT2D eigenvalue weighted by Crippen LogP contribution is -2.28. The minimum absolute atomic E-state index is 0.417. The number of likely N-dealkylation sites (tertiary alicyclic amines) is 1. The van der Waals surface area contributed by atoms with Gasteiger partial charge in [-0.05, 0) is 20.4 Å². The first-order chi connectivity index (χ1) is 7.77. The third-order valence-electron chi connectivity index (χ3n) is 2.41. The van der Waals surface area contributed by atoms with Crippen LogP contribution in [-0.2, 0) is 9.47 Å². The zero-order chi connectivity index (χ0) is 13.0. The molecule has 1 saturated heterocycles. The van der Waals surface area contributed by atoms with Crippen molar-refractivity contribution in [1.82, 2.24) is 4.90 Å². The molecule has 0 N–H and O–H groups in total. The molecule has 0 radical (unpaired) electrons. The van der Waals surface area contributed by atoms with Crippen molar-refractivity contribution in [1.29, 1.82) is 0 Å². The van der Waals surface area contributed by atoms with Gasteiger partial charge >= 0.3 is 0 Å². The maximum absolute atomic E-state index is 5.55. The lowest BCUT2D eigenvalue weighted by Gasteiger charge is -2.16. The lowest BCUT2D eigenvalue weighted by molar-refractivity contribution is 0.0701. The standard InChI is InChI=1S/C9H19NO2.2C2H6/c1-4-12-9-5-8(7-11-3)10(2)6-9;2*1-2/h8-9H,4-7H2,1-3H3;2*1-2H3. The maximum Gasteiger partial charge on any atom is 0.0717 e. The second-order valence-corrected chi connectivity index (χ2v) is 3.36. The molecule has 3 nitrogen and oxygen atoms in total. The number of hydrogen-bond acceptors (Lipinski definition) is 3. The number of likely N-dealkylation sites (N-methyl/N-ethyl adjacent to an activating group) is 1. The molecule has 1 aliphatic heterocycles. The molecule has 16 heavy (non-hydrogen) atoms. The highest BCUT2D eigenvalue weighted by Crippen LogP contribution is 2.18. The van der Waals surface area contributed by atoms with Crippen LogP contribution in [0, 0.1) is 0 Å². The summed E-state index contributed by atoms with van der Waals surface area (Å²) in [7, 11) is 3.88. The van der Waals surface area contributed by atoms with Gasteiger partial charge in [0, 0.05) is 26.3 Å². The minimum Gasteiger partial charge on any atom is -0.383 e. The van der Waals surface area contributed by atoms with Crippen molar-refractivity contribution in [3.05, 3.63) is 0 Å². The van der Waals surface area contributed by atoms with Crippen molar-refractivity contribution in [3.63, 3.8) is 0 Å². The van der Waals surface area contributed by atoms with E-state index < -0.39 is 0 Å². The summed E-state index contributed by atoms with van der Waals surface area (Å²) in [6.07, 6.45) is 1.53. The Bertz CT molecular complexity index is 131. The van der Waals surface area contributed by atoms with Gasteiger partial charge in [0.05, 0.1) is 12.7 Å². The minimum atomic E-state index is 0.417. The fourth-order valence-electron chi connectivity index (χ4n) is 1.77. The van der Waals surface area contributed by atoms with E-state index in [0.717, 1.165) is 26.2 Å². The van der Waals surface area contributed by atoms with E-state index in [0.29, 0.717) is 12.1 Å². The Morgan fingerprint density at radius 1 is 1.19 bits per heavy atom. The molecule has 0 amide bonds. The first-order valence-corrected chi connectivity index (χ1v) is 6.58. The molecule has 1 fully saturated rings. The van der Waals surface area contributed by atoms with Crippen LogP contribution in [0.1, 0.15) is 41.0 Å². The molecule has 2 unspecified atom stereocenters. The number of hydrogen-bond donors (Lipinski definition) is 0. The summed E-state index contributed by atoms with van der Waals surface area (Å²) in [6.45, 7) is 12.7. The second-order valence-electron chi connectivity index (χ2n) is 3.36. The topological polar surface area (TPSA) is 21.7 Å². The van der Waals surface area contributed by atoms with Crippen molar-refractivity contribution in [2.45, 2.75) is 53.2 Å². The monoisotopic (exact) mass is 233 g/mol. The number of rotatable bonds is 4. The molecule has 3 heteroatoms. The molecule has 2 atom stereocenters. The molecule has 0 aromatic carbocycles. The first-order valence-electron chi connectivity index (χ1n) is 6.58. The summed E-state index contributed by atoms with van der Waals surface area (Å²) in [4.78, 5) is 2.31. The second kappa shape index (κ2) is 12.9. The van der Waals surface area contributed by atoms with Crippen molar-refractivity contribution < 1.29 is 9.47 Å². The van der Waals surface area contributed by atoms with Gasteiger partial charge in [0.1, 0.15) is 0 Å². The van der Waals surface area contributed by atoms with E-state index in [1.807, 2.05) is 34.6 Å². The van der Waals surface area contributed by atoms with E-state index >= 15 is 0 Å². The Morgan fingerprint density at radius 2 is 1.75 bits per heavy atom. The third-order valence-corrected chi connectivity index (χ3v) is 2.41. The van der Waals surface area contributed by atoms with Crippen LogP contribution in [0.15, 0.2) is 0 Å². The zero-order valence-electron chi connectivity index (χ0n) is 12.2. The molecular weight excluding hydrogens is 202 g/mol. The van der Waals surface area contributed by atoms with Crippen LogP contribution in [-0.4, -0.2) is 51.0 Å². The Balaban J connectivity index is 0. The number of nitrogens with zero attached hydrogens (tertiary/aromatic N) is 1. The Kier molecular flexibility index (Phi) is 14.8. The quantitative estimate of drug-likeness (QED) is 0.745. The normalized spacial score (nSPS) is 24.2. The molecule has 0 saturated carbocycles. The SMILES string of the molecule is CC.CC.CCOC1CC(COC)N(C)C1. The van der Waals surface area contributed by atoms with E-state index in [4.69, 9.17) is 9.47 Å². The number of ether oxygens (including phenoxy) is 2. The first kappa shape index (κ1) is 18.3. The van der Waals surface area contributed by atoms with Gasteiger partial charge in [-0.2, -0.15) is 0 Å². The van der Waals surface area contributed by atoms with Crippen molar-refractivity contribution in [2.24, 2.45) is 0 Å². The van der Waals surface area contributed by atoms with Crippen LogP contribution in [0.25, 0.3) is 0 Å². The average Bonchev–Trinajstić information content (AvgIpc) is 2.66. The van der Waals surface area contributed by atoms with Gasteiger partial charge in [0.2, 0.25) is 0 Å². The Morgan fingerprint density at radius 3 is 2.19 bits per heavy atom. The molecule has 0 aromatic heterocycles. The summed E-state index contributed by atoms with van der Waals surface area (Å²) in [5, 5.41) is 0. The summed E-state index contributed by atoms with van der Waals surface area (Å²) in [5.41, 5.74) is 0. The summed E-state index contributed by atoms with van der Waals surface area (Å²) < 4.78 is 10.7. The maximum atomic E-state index is 5.55. The summed E-state index contributed by atoms with van der Waals surface area (Å²) >= 11 is 0. The lowest BCUT2D eigenvalue weighted by atomic mass is 10.2. The van der Waals surface area contributed by atoms with E-state index in [1.54, 1.807) is 7.11 Å². The van der Waals surface area contributed by atoms with Crippen molar-refractivity contribution in [2.75, 3.05) is 33.9 Å². The Labute approximate surface area is 102 Å². The predicted molar refractivity (Wildman–Crippen MR) is 71.0 cm³/mol. The van der Waals surface area contributed by atoms with Gasteiger partial charge in [0.15, 0.2) is 0 Å². The molecule has 1 heterocycles. The van der Waals surface area contributed by atoms with E-state index in [-0.39, 0.29) is 0 Å². The van der Waals surface area contributed by atoms with Crippen LogP contribution in [0.3, 0.4) is 0 Å². The molecule has 0 bridgehead atoms. The summed E-state index contributed by atoms with van der Waals surface area (Å²) in [6, 6.07) is 0.548. The molecule has 0 aromatic rings. The molecule has 0 aliphatic carbocycles. The molecule has 0 spiro atoms. The van der Waals surface area contributed by atoms with E-state index in [1.165, 1.54) is 0 Å². The van der Waals surface area contributed by atoms with Crippen LogP contribution >= 0.6 is 0 Å². The van der Waals surface area contributed by atoms with Crippen LogP contribution < -0.4 is 0 Å². The van der Waals surface area contributed by atoms with E-state index in [2.05, 4.69) is 11.9 Å². The molecule has 100 valence electrons. The molecule has 1 rings (SSSR count). The highest BCUT2D eigenvalue weighted by molar-refractivity contribution is 4.83. The smallest absolute Gasteiger partial charge is 0.0717 e. The number of methoxy groups -OCH3 is 1. The van der Waals surface area contributed by atoms with Crippen molar-refractivity contribution >= 4 is 0 Å². The van der Waals surface area contributed by atoms with Gasteiger partial charge in [-0.25, -0.2) is 0 Å². The van der Waals surface area contributed by atoms with Gasteiger partial charge in [-0.1, -0.05) is 27.7 Å². The summed E-state index contributed by atoms with van der Waals surface area (Å²) in [5.74, 6) is 0. The molecule has 1 aliphatic rings. The zero-order valence-corrected chi connectivity index (χ0v) is 12.2. The fourth-order valence-corrected chi connectivity index (χ4v) is 1.77. The van der Waals surface area contributed by atoms with Gasteiger partial charge in [0.25, 0.3) is 0 Å². The highest BCUT2D eigenvalue weighted by Gasteiger charge is 2.29. The fraction of sp³-hybridized carbons (Fsp3) is 1.00. The van der Waals surface area contributed by atoms with E-state index in [9.17, 15) is 0 Å². The van der Waals surface area contributed by atoms with Crippen LogP contribution in [0.2, 0.25) is 0 Å². The van der Waals surface area contributed by atoms with Gasteiger partial charge in [-0.15, -0.1) is 0 Å². The Hall–Kier alpha value is -0.120.